The van der Waals surface area contributed by atoms with Gasteiger partial charge in [-0.3, -0.25) is 0 Å². The van der Waals surface area contributed by atoms with Crippen molar-refractivity contribution in [2.75, 3.05) is 11.9 Å². The molecule has 1 heterocycles. The molecule has 1 aromatic rings. The lowest BCUT2D eigenvalue weighted by Crippen LogP contribution is -2.20. The van der Waals surface area contributed by atoms with Crippen LogP contribution in [0.4, 0.5) is 5.82 Å². The number of nitrogens with one attached hydrogen (secondary N) is 1. The maximum Gasteiger partial charge on any atom is 0.131 e. The Hall–Kier alpha value is -0.680. The summed E-state index contributed by atoms with van der Waals surface area (Å²) in [4.78, 5) is 8.40. The fourth-order valence-corrected chi connectivity index (χ4v) is 1.82. The maximum atomic E-state index is 8.87. The summed E-state index contributed by atoms with van der Waals surface area (Å²) in [6, 6.07) is 2.10. The van der Waals surface area contributed by atoms with Crippen molar-refractivity contribution in [2.45, 2.75) is 32.7 Å². The van der Waals surface area contributed by atoms with Crippen molar-refractivity contribution in [1.82, 2.24) is 9.97 Å². The zero-order valence-corrected chi connectivity index (χ0v) is 10.6. The van der Waals surface area contributed by atoms with Gasteiger partial charge >= 0.3 is 0 Å². The first kappa shape index (κ1) is 12.4. The lowest BCUT2D eigenvalue weighted by molar-refractivity contribution is 0.278. The molecule has 84 valence electrons. The minimum absolute atomic E-state index is 0.191. The lowest BCUT2D eigenvalue weighted by Gasteiger charge is -2.16. The zero-order valence-electron chi connectivity index (χ0n) is 9.00. The number of aryl methyl sites for hydroxylation is 1. The molecule has 0 aliphatic rings. The average molecular weight is 274 g/mol. The van der Waals surface area contributed by atoms with Gasteiger partial charge in [-0.05, 0) is 35.7 Å². The Morgan fingerprint density at radius 3 is 2.80 bits per heavy atom. The zero-order chi connectivity index (χ0) is 11.3. The van der Waals surface area contributed by atoms with Crippen molar-refractivity contribution in [1.29, 1.82) is 0 Å². The van der Waals surface area contributed by atoms with Gasteiger partial charge in [0.05, 0.1) is 0 Å². The third-order valence-electron chi connectivity index (χ3n) is 2.13. The number of aliphatic hydroxyl groups is 1. The van der Waals surface area contributed by atoms with E-state index in [-0.39, 0.29) is 12.6 Å². The number of hydrogen-bond acceptors (Lipinski definition) is 4. The first-order valence-electron chi connectivity index (χ1n) is 5.04. The normalized spacial score (nSPS) is 12.5. The van der Waals surface area contributed by atoms with Crippen LogP contribution in [0, 0.1) is 6.92 Å². The van der Waals surface area contributed by atoms with Gasteiger partial charge < -0.3 is 10.4 Å². The Labute approximate surface area is 98.3 Å². The van der Waals surface area contributed by atoms with E-state index in [1.165, 1.54) is 0 Å². The van der Waals surface area contributed by atoms with Crippen LogP contribution in [0.2, 0.25) is 0 Å². The Morgan fingerprint density at radius 2 is 2.27 bits per heavy atom. The highest BCUT2D eigenvalue weighted by atomic mass is 79.9. The lowest BCUT2D eigenvalue weighted by atomic mass is 10.1. The Bertz CT molecular complexity index is 299. The molecule has 0 aliphatic heterocycles. The van der Waals surface area contributed by atoms with E-state index in [1.54, 1.807) is 0 Å². The summed E-state index contributed by atoms with van der Waals surface area (Å²) in [6.07, 6.45) is 1.69. The van der Waals surface area contributed by atoms with E-state index < -0.39 is 0 Å². The predicted octanol–water partition coefficient (Wildman–Crippen LogP) is 2.12. The van der Waals surface area contributed by atoms with E-state index in [2.05, 4.69) is 38.1 Å². The fourth-order valence-electron chi connectivity index (χ4n) is 1.35. The van der Waals surface area contributed by atoms with Crippen LogP contribution in [-0.4, -0.2) is 27.7 Å². The van der Waals surface area contributed by atoms with Crippen molar-refractivity contribution >= 4 is 21.7 Å². The monoisotopic (exact) mass is 273 g/mol. The minimum Gasteiger partial charge on any atom is -0.396 e. The first-order valence-corrected chi connectivity index (χ1v) is 5.83. The largest absolute Gasteiger partial charge is 0.396 e. The second-order valence-electron chi connectivity index (χ2n) is 3.38. The number of aromatic nitrogens is 2. The van der Waals surface area contributed by atoms with Gasteiger partial charge in [-0.2, -0.15) is 0 Å². The van der Waals surface area contributed by atoms with Crippen LogP contribution in [0.5, 0.6) is 0 Å². The third kappa shape index (κ3) is 4.13. The Balaban J connectivity index is 2.69. The molecule has 0 spiro atoms. The van der Waals surface area contributed by atoms with Crippen LogP contribution < -0.4 is 5.32 Å². The van der Waals surface area contributed by atoms with Gasteiger partial charge in [-0.1, -0.05) is 6.92 Å². The second kappa shape index (κ2) is 6.02. The van der Waals surface area contributed by atoms with Crippen LogP contribution in [0.3, 0.4) is 0 Å². The molecule has 0 radical (unpaired) electrons. The minimum atomic E-state index is 0.191. The molecule has 1 unspecified atom stereocenters. The summed E-state index contributed by atoms with van der Waals surface area (Å²) in [5.74, 6) is 1.53. The number of rotatable bonds is 5. The van der Waals surface area contributed by atoms with Gasteiger partial charge in [-0.25, -0.2) is 9.97 Å². The molecule has 0 saturated carbocycles. The average Bonchev–Trinajstić information content (AvgIpc) is 2.15. The molecule has 0 aliphatic carbocycles. The van der Waals surface area contributed by atoms with E-state index >= 15 is 0 Å². The SMILES string of the molecule is CCC(CCO)Nc1cc(Br)nc(C)n1. The fraction of sp³-hybridized carbons (Fsp3) is 0.600. The van der Waals surface area contributed by atoms with Gasteiger partial charge in [0.25, 0.3) is 0 Å². The highest BCUT2D eigenvalue weighted by molar-refractivity contribution is 9.10. The van der Waals surface area contributed by atoms with Crippen molar-refractivity contribution in [3.05, 3.63) is 16.5 Å². The molecule has 0 fully saturated rings. The number of halogens is 1. The predicted molar refractivity (Wildman–Crippen MR) is 63.9 cm³/mol. The van der Waals surface area contributed by atoms with Crippen molar-refractivity contribution in [2.24, 2.45) is 0 Å². The van der Waals surface area contributed by atoms with E-state index in [4.69, 9.17) is 5.11 Å². The number of anilines is 1. The third-order valence-corrected chi connectivity index (χ3v) is 2.54. The van der Waals surface area contributed by atoms with Crippen LogP contribution >= 0.6 is 15.9 Å². The molecule has 2 N–H and O–H groups in total. The molecule has 0 bridgehead atoms. The van der Waals surface area contributed by atoms with Gasteiger partial charge in [0.2, 0.25) is 0 Å². The van der Waals surface area contributed by atoms with Crippen molar-refractivity contribution in [3.63, 3.8) is 0 Å². The van der Waals surface area contributed by atoms with Gasteiger partial charge in [0.15, 0.2) is 0 Å². The highest BCUT2D eigenvalue weighted by Crippen LogP contribution is 2.14. The molecule has 0 amide bonds. The highest BCUT2D eigenvalue weighted by Gasteiger charge is 2.07. The summed E-state index contributed by atoms with van der Waals surface area (Å²) < 4.78 is 0.774. The number of nitrogens with zero attached hydrogens (tertiary/aromatic N) is 2. The standard InChI is InChI=1S/C10H16BrN3O/c1-3-8(4-5-15)14-10-6-9(11)12-7(2)13-10/h6,8,15H,3-5H2,1-2H3,(H,12,13,14). The molecule has 0 aromatic carbocycles. The van der Waals surface area contributed by atoms with E-state index in [1.807, 2.05) is 13.0 Å². The first-order chi connectivity index (χ1) is 7.15. The van der Waals surface area contributed by atoms with E-state index in [0.717, 1.165) is 29.1 Å². The van der Waals surface area contributed by atoms with Gasteiger partial charge in [0.1, 0.15) is 16.2 Å². The van der Waals surface area contributed by atoms with Gasteiger partial charge in [-0.15, -0.1) is 0 Å². The molecule has 1 atom stereocenters. The Morgan fingerprint density at radius 1 is 1.53 bits per heavy atom. The van der Waals surface area contributed by atoms with E-state index in [9.17, 15) is 0 Å². The summed E-state index contributed by atoms with van der Waals surface area (Å²) in [7, 11) is 0. The summed E-state index contributed by atoms with van der Waals surface area (Å²) in [6.45, 7) is 4.12. The summed E-state index contributed by atoms with van der Waals surface area (Å²) >= 11 is 3.32. The van der Waals surface area contributed by atoms with Gasteiger partial charge in [0, 0.05) is 18.7 Å². The summed E-state index contributed by atoms with van der Waals surface area (Å²) in [5.41, 5.74) is 0. The van der Waals surface area contributed by atoms with Crippen molar-refractivity contribution in [3.8, 4) is 0 Å². The summed E-state index contributed by atoms with van der Waals surface area (Å²) in [5, 5.41) is 12.1. The van der Waals surface area contributed by atoms with Crippen molar-refractivity contribution < 1.29 is 5.11 Å². The van der Waals surface area contributed by atoms with Crippen LogP contribution in [0.25, 0.3) is 0 Å². The number of hydrogen-bond donors (Lipinski definition) is 2. The number of aliphatic hydroxyl groups excluding tert-OH is 1. The van der Waals surface area contributed by atoms with Crippen LogP contribution in [-0.2, 0) is 0 Å². The van der Waals surface area contributed by atoms with E-state index in [0.29, 0.717) is 0 Å². The molecular weight excluding hydrogens is 258 g/mol. The van der Waals surface area contributed by atoms with Crippen LogP contribution in [0.15, 0.2) is 10.7 Å². The molecule has 15 heavy (non-hydrogen) atoms. The molecule has 5 heteroatoms. The molecular formula is C10H16BrN3O. The smallest absolute Gasteiger partial charge is 0.131 e. The molecule has 0 saturated heterocycles. The van der Waals surface area contributed by atoms with Crippen LogP contribution in [0.1, 0.15) is 25.6 Å². The quantitative estimate of drug-likeness (QED) is 0.807. The molecule has 1 rings (SSSR count). The molecule has 4 nitrogen and oxygen atoms in total. The Kier molecular flexibility index (Phi) is 4.98. The molecule has 1 aromatic heterocycles. The topological polar surface area (TPSA) is 58.0 Å². The second-order valence-corrected chi connectivity index (χ2v) is 4.20. The maximum absolute atomic E-state index is 8.87.